The van der Waals surface area contributed by atoms with Crippen molar-refractivity contribution in [2.45, 2.75) is 88.9 Å². The highest BCUT2D eigenvalue weighted by Gasteiger charge is 2.40. The Kier molecular flexibility index (Phi) is 24.8. The number of piperazine rings is 1. The summed E-state index contributed by atoms with van der Waals surface area (Å²) in [5, 5.41) is 31.8. The number of carbonyl (C=O) groups excluding carboxylic acids is 4. The number of aliphatic hydroxyl groups excluding tert-OH is 1. The van der Waals surface area contributed by atoms with E-state index < -0.39 is 42.0 Å². The molecule has 5 amide bonds. The average molecular weight is 1310 g/mol. The molecule has 2 unspecified atom stereocenters. The summed E-state index contributed by atoms with van der Waals surface area (Å²) in [5.74, 6) is -1.85. The monoisotopic (exact) mass is 1310 g/mol. The predicted octanol–water partition coefficient (Wildman–Crippen LogP) is 7.03. The molecule has 92 heavy (non-hydrogen) atoms. The lowest BCUT2D eigenvalue weighted by Crippen LogP contribution is -2.55. The molecule has 492 valence electrons. The van der Waals surface area contributed by atoms with Gasteiger partial charge in [0.1, 0.15) is 18.7 Å². The van der Waals surface area contributed by atoms with Crippen molar-refractivity contribution in [1.29, 1.82) is 5.26 Å². The SMILES string of the molecule is C=C(F)C(=O)N1CCN(c2nc(OC[C@@H]3CCCN3CCOCCOCCOCCOCCOCCOCCc3cc(Cl)cc(NC(=O)NCc4ccc5c(c4)CN(C4CCC(=O)NC4=O)C5O)c3)nc3c2CCN(c2cccc4cccc(Cl)c24)C3)C[C@@H]1CC#N. The van der Waals surface area contributed by atoms with Crippen molar-refractivity contribution in [2.24, 2.45) is 0 Å². The van der Waals surface area contributed by atoms with Gasteiger partial charge in [0.25, 0.3) is 5.91 Å². The highest BCUT2D eigenvalue weighted by atomic mass is 35.5. The number of aromatic nitrogens is 2. The van der Waals surface area contributed by atoms with E-state index >= 15 is 0 Å². The Hall–Kier alpha value is -7.12. The van der Waals surface area contributed by atoms with Crippen LogP contribution in [0.5, 0.6) is 6.01 Å². The van der Waals surface area contributed by atoms with Crippen LogP contribution in [0.2, 0.25) is 10.0 Å². The number of likely N-dealkylation sites (tertiary alicyclic amines) is 1. The maximum atomic E-state index is 14.1. The zero-order valence-electron chi connectivity index (χ0n) is 51.6. The summed E-state index contributed by atoms with van der Waals surface area (Å²) < 4.78 is 55.0. The number of benzene rings is 4. The quantitative estimate of drug-likeness (QED) is 0.0191. The number of amides is 5. The molecule has 23 nitrogen and oxygen atoms in total. The number of carbonyl (C=O) groups is 4. The Morgan fingerprint density at radius 1 is 0.783 bits per heavy atom. The van der Waals surface area contributed by atoms with Gasteiger partial charge in [-0.3, -0.25) is 29.5 Å². The molecule has 26 heteroatoms. The molecule has 0 radical (unpaired) electrons. The molecular weight excluding hydrogens is 1230 g/mol. The summed E-state index contributed by atoms with van der Waals surface area (Å²) in [6.07, 6.45) is 2.83. The first-order valence-corrected chi connectivity index (χ1v) is 32.2. The van der Waals surface area contributed by atoms with Crippen molar-refractivity contribution in [3.63, 3.8) is 0 Å². The van der Waals surface area contributed by atoms with Crippen molar-refractivity contribution < 1.29 is 61.8 Å². The molecule has 3 fully saturated rings. The van der Waals surface area contributed by atoms with Crippen molar-refractivity contribution in [2.75, 3.05) is 140 Å². The van der Waals surface area contributed by atoms with Gasteiger partial charge in [0.2, 0.25) is 11.8 Å². The van der Waals surface area contributed by atoms with Crippen LogP contribution in [-0.2, 0) is 75.3 Å². The Balaban J connectivity index is 0.554. The smallest absolute Gasteiger partial charge is 0.319 e. The Morgan fingerprint density at radius 2 is 1.50 bits per heavy atom. The number of imide groups is 1. The molecule has 0 aliphatic carbocycles. The van der Waals surface area contributed by atoms with Crippen LogP contribution in [0.1, 0.15) is 71.8 Å². The van der Waals surface area contributed by atoms with E-state index in [1.807, 2.05) is 42.5 Å². The van der Waals surface area contributed by atoms with E-state index in [0.717, 1.165) is 70.3 Å². The van der Waals surface area contributed by atoms with E-state index in [9.17, 15) is 33.9 Å². The first-order valence-electron chi connectivity index (χ1n) is 31.5. The standard InChI is InChI=1S/C66H80Cl2FN11O12/c1-44(69)63(83)79-21-20-78(41-51(79)14-17-70)61-54-15-19-77(57-9-3-6-47-5-2-8-55(68)60(47)57)42-56(54)73-66(75-61)92-43-52-7-4-18-76(52)22-24-87-26-28-89-30-32-91-34-33-90-31-29-88-27-25-86-23-16-45-36-49(67)38-50(37-45)72-65(85)71-39-46-10-11-53-48(35-46)40-80(64(53)84)58-12-13-59(81)74-62(58)82/h2-3,5-6,8-11,35-38,51-52,58,64,84H,1,4,7,12-16,18-34,39-43H2,(H2,71,72,85)(H,74,81,82)/t51-,52-,58?,64?/m0/s1. The number of anilines is 3. The van der Waals surface area contributed by atoms with Gasteiger partial charge in [-0.1, -0.05) is 72.2 Å². The van der Waals surface area contributed by atoms with Gasteiger partial charge in [-0.15, -0.1) is 0 Å². The normalized spacial score (nSPS) is 19.2. The van der Waals surface area contributed by atoms with Crippen molar-refractivity contribution >= 4 is 74.9 Å². The molecule has 3 saturated heterocycles. The van der Waals surface area contributed by atoms with Crippen molar-refractivity contribution in [1.82, 2.24) is 35.3 Å². The molecule has 0 saturated carbocycles. The number of hydrogen-bond acceptors (Lipinski definition) is 19. The third kappa shape index (κ3) is 18.2. The van der Waals surface area contributed by atoms with E-state index in [1.54, 1.807) is 17.0 Å². The number of ether oxygens (including phenoxy) is 7. The number of halogens is 3. The van der Waals surface area contributed by atoms with E-state index in [-0.39, 0.29) is 43.9 Å². The topological polar surface area (TPSA) is 255 Å². The van der Waals surface area contributed by atoms with Crippen LogP contribution in [0.4, 0.5) is 26.4 Å². The van der Waals surface area contributed by atoms with E-state index in [4.69, 9.17) is 66.3 Å². The van der Waals surface area contributed by atoms with Crippen LogP contribution in [0.15, 0.2) is 85.2 Å². The molecule has 1 aromatic heterocycles. The largest absolute Gasteiger partial charge is 0.462 e. The van der Waals surface area contributed by atoms with E-state index in [2.05, 4.69) is 61.5 Å². The summed E-state index contributed by atoms with van der Waals surface area (Å²) >= 11 is 13.2. The molecule has 4 aromatic carbocycles. The zero-order valence-corrected chi connectivity index (χ0v) is 53.1. The summed E-state index contributed by atoms with van der Waals surface area (Å²) in [7, 11) is 0. The number of piperidine rings is 1. The fourth-order valence-electron chi connectivity index (χ4n) is 12.5. The van der Waals surface area contributed by atoms with Crippen LogP contribution in [0.25, 0.3) is 10.8 Å². The molecule has 5 aliphatic rings. The highest BCUT2D eigenvalue weighted by Crippen LogP contribution is 2.39. The average Bonchev–Trinajstić information content (AvgIpc) is 1.23. The van der Waals surface area contributed by atoms with Crippen molar-refractivity contribution in [3.05, 3.63) is 129 Å². The summed E-state index contributed by atoms with van der Waals surface area (Å²) in [6.45, 7) is 13.1. The third-order valence-corrected chi connectivity index (χ3v) is 17.6. The van der Waals surface area contributed by atoms with E-state index in [0.29, 0.717) is 165 Å². The van der Waals surface area contributed by atoms with Crippen LogP contribution < -0.4 is 30.5 Å². The lowest BCUT2D eigenvalue weighted by atomic mass is 10.0. The minimum absolute atomic E-state index is 0.0325. The minimum Gasteiger partial charge on any atom is -0.462 e. The number of nitriles is 1. The molecule has 4 atom stereocenters. The lowest BCUT2D eigenvalue weighted by Gasteiger charge is -2.42. The molecule has 0 bridgehead atoms. The Labute approximate surface area is 544 Å². The van der Waals surface area contributed by atoms with Gasteiger partial charge < -0.3 is 63.6 Å². The second-order valence-corrected chi connectivity index (χ2v) is 24.0. The Morgan fingerprint density at radius 3 is 2.22 bits per heavy atom. The number of rotatable bonds is 32. The van der Waals surface area contributed by atoms with Crippen LogP contribution in [0, 0.1) is 11.3 Å². The lowest BCUT2D eigenvalue weighted by molar-refractivity contribution is -0.141. The third-order valence-electron chi connectivity index (χ3n) is 17.1. The summed E-state index contributed by atoms with van der Waals surface area (Å²) in [4.78, 5) is 69.6. The second kappa shape index (κ2) is 33.6. The fraction of sp³-hybridized carbons (Fsp3) is 0.500. The molecule has 5 aliphatic heterocycles. The second-order valence-electron chi connectivity index (χ2n) is 23.2. The number of aliphatic hydroxyl groups is 1. The van der Waals surface area contributed by atoms with Crippen LogP contribution >= 0.6 is 23.2 Å². The highest BCUT2D eigenvalue weighted by molar-refractivity contribution is 6.36. The fourth-order valence-corrected chi connectivity index (χ4v) is 13.0. The van der Waals surface area contributed by atoms with Crippen molar-refractivity contribution in [3.8, 4) is 12.1 Å². The molecular formula is C66H80Cl2FN11O12. The van der Waals surface area contributed by atoms with E-state index in [1.165, 1.54) is 4.90 Å². The number of urea groups is 1. The van der Waals surface area contributed by atoms with Gasteiger partial charge in [0, 0.05) is 85.6 Å². The van der Waals surface area contributed by atoms with Gasteiger partial charge in [-0.05, 0) is 96.6 Å². The molecule has 6 heterocycles. The zero-order chi connectivity index (χ0) is 64.3. The van der Waals surface area contributed by atoms with Gasteiger partial charge in [0.15, 0.2) is 5.83 Å². The predicted molar refractivity (Wildman–Crippen MR) is 343 cm³/mol. The maximum absolute atomic E-state index is 14.1. The van der Waals surface area contributed by atoms with Crippen LogP contribution in [-0.4, -0.2) is 197 Å². The van der Waals surface area contributed by atoms with Gasteiger partial charge >= 0.3 is 12.0 Å². The van der Waals surface area contributed by atoms with Gasteiger partial charge in [0.05, 0.1) is 121 Å². The Bertz CT molecular complexity index is 3430. The van der Waals surface area contributed by atoms with Crippen LogP contribution in [0.3, 0.4) is 0 Å². The van der Waals surface area contributed by atoms with Gasteiger partial charge in [-0.2, -0.15) is 15.2 Å². The maximum Gasteiger partial charge on any atom is 0.319 e. The van der Waals surface area contributed by atoms with Gasteiger partial charge in [-0.25, -0.2) is 9.18 Å². The molecule has 4 N–H and O–H groups in total. The number of hydrogen-bond donors (Lipinski definition) is 4. The summed E-state index contributed by atoms with van der Waals surface area (Å²) in [6, 6.07) is 23.9. The first-order chi connectivity index (χ1) is 44.8. The molecule has 0 spiro atoms. The summed E-state index contributed by atoms with van der Waals surface area (Å²) in [5.41, 5.74) is 6.63. The molecule has 10 rings (SSSR count). The number of fused-ring (bicyclic) bond motifs is 3. The molecule has 5 aromatic rings. The first kappa shape index (κ1) is 67.8. The number of nitrogens with one attached hydrogen (secondary N) is 3. The number of nitrogens with zero attached hydrogens (tertiary/aromatic N) is 8. The minimum atomic E-state index is -1.05.